The first-order chi connectivity index (χ1) is 26.9. The zero-order valence-corrected chi connectivity index (χ0v) is 26.9. The van der Waals surface area contributed by atoms with Crippen LogP contribution < -0.4 is 4.90 Å². The van der Waals surface area contributed by atoms with Gasteiger partial charge in [-0.2, -0.15) is 0 Å². The van der Waals surface area contributed by atoms with Crippen LogP contribution in [-0.2, 0) is 0 Å². The zero-order valence-electron chi connectivity index (χ0n) is 31.9. The molecule has 10 aromatic rings. The van der Waals surface area contributed by atoms with Crippen molar-refractivity contribution in [1.82, 2.24) is 0 Å². The molecule has 0 aliphatic carbocycles. The summed E-state index contributed by atoms with van der Waals surface area (Å²) in [7, 11) is 0. The van der Waals surface area contributed by atoms with Gasteiger partial charge in [0, 0.05) is 33.2 Å². The summed E-state index contributed by atoms with van der Waals surface area (Å²) in [5, 5.41) is 7.89. The maximum Gasteiger partial charge on any atom is 0.143 e. The Kier molecular flexibility index (Phi) is 5.44. The molecule has 0 atom stereocenters. The first-order valence-electron chi connectivity index (χ1n) is 19.2. The highest BCUT2D eigenvalue weighted by molar-refractivity contribution is 6.22. The molecule has 0 saturated carbocycles. The van der Waals surface area contributed by atoms with E-state index in [1.807, 2.05) is 42.5 Å². The molecule has 1 aromatic heterocycles. The number of nitrogens with zero attached hydrogens (tertiary/aromatic N) is 1. The summed E-state index contributed by atoms with van der Waals surface area (Å²) in [6, 6.07) is 52.5. The largest absolute Gasteiger partial charge is 0.455 e. The number of benzene rings is 9. The van der Waals surface area contributed by atoms with Crippen molar-refractivity contribution in [3.05, 3.63) is 188 Å². The Bertz CT molecular complexity index is 3080. The highest BCUT2D eigenvalue weighted by atomic mass is 16.3. The summed E-state index contributed by atoms with van der Waals surface area (Å²) in [5.41, 5.74) is 7.09. The van der Waals surface area contributed by atoms with E-state index in [2.05, 4.69) is 120 Å². The Morgan fingerprint density at radius 3 is 1.76 bits per heavy atom. The molecule has 0 aliphatic heterocycles. The monoisotopic (exact) mass is 642 g/mol. The molecule has 2 nitrogen and oxygen atoms in total. The fourth-order valence-electron chi connectivity index (χ4n) is 7.37. The molecule has 0 saturated heterocycles. The van der Waals surface area contributed by atoms with Gasteiger partial charge in [-0.1, -0.05) is 139 Å². The van der Waals surface area contributed by atoms with E-state index in [-0.39, 0.29) is 29.7 Å². The average Bonchev–Trinajstić information content (AvgIpc) is 3.61. The number of furan rings is 1. The molecule has 0 amide bonds. The lowest BCUT2D eigenvalue weighted by Crippen LogP contribution is -2.10. The molecule has 10 rings (SSSR count). The van der Waals surface area contributed by atoms with Crippen molar-refractivity contribution in [3.8, 4) is 22.3 Å². The lowest BCUT2D eigenvalue weighted by Gasteiger charge is -2.27. The number of fused-ring (bicyclic) bond motifs is 7. The minimum atomic E-state index is -0.415. The molecule has 0 N–H and O–H groups in total. The van der Waals surface area contributed by atoms with Gasteiger partial charge in [0.25, 0.3) is 0 Å². The van der Waals surface area contributed by atoms with Gasteiger partial charge in [0.1, 0.15) is 11.2 Å². The van der Waals surface area contributed by atoms with Gasteiger partial charge in [-0.3, -0.25) is 0 Å². The molecule has 0 radical (unpaired) electrons. The summed E-state index contributed by atoms with van der Waals surface area (Å²) < 4.78 is 49.4. The van der Waals surface area contributed by atoms with Crippen molar-refractivity contribution >= 4 is 71.3 Å². The van der Waals surface area contributed by atoms with Crippen molar-refractivity contribution in [1.29, 1.82) is 0 Å². The van der Waals surface area contributed by atoms with Gasteiger partial charge in [-0.15, -0.1) is 0 Å². The first kappa shape index (κ1) is 23.6. The van der Waals surface area contributed by atoms with Crippen LogP contribution in [0.2, 0.25) is 0 Å². The minimum absolute atomic E-state index is 0.166. The van der Waals surface area contributed by atoms with Crippen molar-refractivity contribution in [2.75, 3.05) is 4.90 Å². The fourth-order valence-corrected chi connectivity index (χ4v) is 7.37. The predicted octanol–water partition coefficient (Wildman–Crippen LogP) is 13.8. The van der Waals surface area contributed by atoms with E-state index in [0.29, 0.717) is 16.7 Å². The smallest absolute Gasteiger partial charge is 0.143 e. The van der Waals surface area contributed by atoms with E-state index in [9.17, 15) is 0 Å². The second-order valence-corrected chi connectivity index (χ2v) is 12.6. The molecule has 1 heterocycles. The molecule has 0 bridgehead atoms. The van der Waals surface area contributed by atoms with Crippen molar-refractivity contribution in [2.45, 2.75) is 0 Å². The number of anilines is 3. The molecule has 2 heteroatoms. The Morgan fingerprint density at radius 2 is 1.04 bits per heavy atom. The van der Waals surface area contributed by atoms with E-state index in [4.69, 9.17) is 11.3 Å². The van der Waals surface area contributed by atoms with Crippen molar-refractivity contribution in [3.63, 3.8) is 0 Å². The van der Waals surface area contributed by atoms with Crippen LogP contribution in [0.25, 0.3) is 76.5 Å². The van der Waals surface area contributed by atoms with E-state index >= 15 is 0 Å². The molecule has 0 fully saturated rings. The second kappa shape index (κ2) is 11.5. The fraction of sp³-hybridized carbons (Fsp3) is 0. The third kappa shape index (κ3) is 4.65. The van der Waals surface area contributed by atoms with Gasteiger partial charge < -0.3 is 9.32 Å². The highest BCUT2D eigenvalue weighted by Gasteiger charge is 2.19. The van der Waals surface area contributed by atoms with Crippen LogP contribution in [0.4, 0.5) is 17.1 Å². The lowest BCUT2D eigenvalue weighted by atomic mass is 9.93. The van der Waals surface area contributed by atoms with Crippen LogP contribution in [0, 0.1) is 0 Å². The molecule has 234 valence electrons. The van der Waals surface area contributed by atoms with E-state index in [1.54, 1.807) is 0 Å². The van der Waals surface area contributed by atoms with Crippen molar-refractivity contribution in [2.24, 2.45) is 0 Å². The minimum Gasteiger partial charge on any atom is -0.455 e. The maximum atomic E-state index is 8.85. The maximum absolute atomic E-state index is 8.85. The van der Waals surface area contributed by atoms with E-state index in [1.165, 1.54) is 10.8 Å². The molecule has 0 unspecified atom stereocenters. The summed E-state index contributed by atoms with van der Waals surface area (Å²) in [5.74, 6) is 0. The third-order valence-corrected chi connectivity index (χ3v) is 9.67. The standard InChI is InChI=1S/C48H31NO/c1-2-14-34(15-3-1)44-31-45-47-41(22-11-23-46(47)50-48(45)43-21-9-8-20-42(43)44)37-18-10-19-38(30-37)49(39-26-24-32-12-4-6-16-35(32)28-39)40-27-25-33-13-5-7-17-36(33)29-40/h1-31H/i1D,2D,3D,14D,15D. The van der Waals surface area contributed by atoms with E-state index in [0.717, 1.165) is 60.5 Å². The topological polar surface area (TPSA) is 16.4 Å². The molecular weight excluding hydrogens is 607 g/mol. The van der Waals surface area contributed by atoms with Gasteiger partial charge in [0.05, 0.1) is 6.85 Å². The predicted molar refractivity (Wildman–Crippen MR) is 212 cm³/mol. The number of hydrogen-bond donors (Lipinski definition) is 0. The van der Waals surface area contributed by atoms with Gasteiger partial charge >= 0.3 is 0 Å². The quantitative estimate of drug-likeness (QED) is 0.186. The molecule has 50 heavy (non-hydrogen) atoms. The molecule has 9 aromatic carbocycles. The van der Waals surface area contributed by atoms with Gasteiger partial charge in [0.15, 0.2) is 0 Å². The van der Waals surface area contributed by atoms with Gasteiger partial charge in [-0.25, -0.2) is 0 Å². The van der Waals surface area contributed by atoms with Crippen LogP contribution in [0.1, 0.15) is 6.85 Å². The van der Waals surface area contributed by atoms with Crippen LogP contribution in [-0.4, -0.2) is 0 Å². The normalized spacial score (nSPS) is 13.0. The Labute approximate surface area is 297 Å². The van der Waals surface area contributed by atoms with Gasteiger partial charge in [0.2, 0.25) is 0 Å². The summed E-state index contributed by atoms with van der Waals surface area (Å²) in [4.78, 5) is 2.29. The lowest BCUT2D eigenvalue weighted by molar-refractivity contribution is 0.673. The number of hydrogen-bond acceptors (Lipinski definition) is 2. The van der Waals surface area contributed by atoms with Crippen LogP contribution in [0.5, 0.6) is 0 Å². The molecular formula is C48H31NO. The van der Waals surface area contributed by atoms with Crippen LogP contribution in [0.15, 0.2) is 192 Å². The van der Waals surface area contributed by atoms with Gasteiger partial charge in [-0.05, 0) is 97.7 Å². The zero-order chi connectivity index (χ0) is 37.4. The summed E-state index contributed by atoms with van der Waals surface area (Å²) in [6.45, 7) is 0. The Hall–Kier alpha value is -6.64. The summed E-state index contributed by atoms with van der Waals surface area (Å²) >= 11 is 0. The van der Waals surface area contributed by atoms with Crippen LogP contribution >= 0.6 is 0 Å². The Balaban J connectivity index is 1.21. The summed E-state index contributed by atoms with van der Waals surface area (Å²) in [6.07, 6.45) is 0. The SMILES string of the molecule is [2H]c1c([2H])c([2H])c(-c2cc3c(oc4cccc(-c5cccc(N(c6ccc7ccccc7c6)c6ccc7ccccc7c6)c5)c43)c3ccccc23)c([2H])c1[2H]. The van der Waals surface area contributed by atoms with Crippen molar-refractivity contribution < 1.29 is 11.3 Å². The number of rotatable bonds is 5. The Morgan fingerprint density at radius 1 is 0.420 bits per heavy atom. The van der Waals surface area contributed by atoms with Crippen LogP contribution in [0.3, 0.4) is 0 Å². The molecule has 0 aliphatic rings. The first-order valence-corrected chi connectivity index (χ1v) is 16.7. The highest BCUT2D eigenvalue weighted by Crippen LogP contribution is 2.44. The average molecular weight is 643 g/mol. The van der Waals surface area contributed by atoms with E-state index < -0.39 is 6.04 Å². The second-order valence-electron chi connectivity index (χ2n) is 12.6. The molecule has 0 spiro atoms. The third-order valence-electron chi connectivity index (χ3n) is 9.67.